The molecule has 0 saturated carbocycles. The van der Waals surface area contributed by atoms with E-state index < -0.39 is 11.7 Å². The number of alkyl halides is 3. The normalized spacial score (nSPS) is 15.0. The van der Waals surface area contributed by atoms with Crippen molar-refractivity contribution in [1.29, 1.82) is 0 Å². The Kier molecular flexibility index (Phi) is 4.32. The predicted molar refractivity (Wildman–Crippen MR) is 72.4 cm³/mol. The molecule has 1 N–H and O–H groups in total. The highest BCUT2D eigenvalue weighted by atomic mass is 19.4. The highest BCUT2D eigenvalue weighted by Crippen LogP contribution is 2.30. The first kappa shape index (κ1) is 15.5. The molecule has 0 radical (unpaired) electrons. The summed E-state index contributed by atoms with van der Waals surface area (Å²) >= 11 is 0. The number of aromatic nitrogens is 3. The second kappa shape index (κ2) is 5.85. The molecule has 1 heterocycles. The van der Waals surface area contributed by atoms with Crippen LogP contribution in [0.5, 0.6) is 0 Å². The van der Waals surface area contributed by atoms with Crippen molar-refractivity contribution in [3.63, 3.8) is 0 Å². The van der Waals surface area contributed by atoms with Gasteiger partial charge in [-0.05, 0) is 31.5 Å². The second-order valence-electron chi connectivity index (χ2n) is 5.03. The number of nitrogens with zero attached hydrogens (tertiary/aromatic N) is 3. The van der Waals surface area contributed by atoms with Crippen LogP contribution in [0.2, 0.25) is 0 Å². The Morgan fingerprint density at radius 3 is 2.19 bits per heavy atom. The van der Waals surface area contributed by atoms with Gasteiger partial charge in [-0.1, -0.05) is 12.1 Å². The molecule has 114 valence electrons. The number of hydrogen-bond donors (Lipinski definition) is 1. The number of halogens is 3. The Labute approximate surface area is 121 Å². The Balaban J connectivity index is 2.07. The van der Waals surface area contributed by atoms with Gasteiger partial charge in [-0.15, -0.1) is 10.2 Å². The van der Waals surface area contributed by atoms with Crippen LogP contribution in [0.3, 0.4) is 0 Å². The van der Waals surface area contributed by atoms with Crippen LogP contribution in [0.4, 0.5) is 13.2 Å². The van der Waals surface area contributed by atoms with Crippen molar-refractivity contribution in [1.82, 2.24) is 20.1 Å². The Hall–Kier alpha value is -1.89. The first-order valence-corrected chi connectivity index (χ1v) is 6.56. The Morgan fingerprint density at radius 2 is 1.71 bits per heavy atom. The van der Waals surface area contributed by atoms with Crippen LogP contribution in [0.1, 0.15) is 42.9 Å². The lowest BCUT2D eigenvalue weighted by Crippen LogP contribution is -2.24. The van der Waals surface area contributed by atoms with E-state index in [2.05, 4.69) is 15.5 Å². The molecule has 0 amide bonds. The zero-order valence-electron chi connectivity index (χ0n) is 12.0. The van der Waals surface area contributed by atoms with Crippen LogP contribution in [0.25, 0.3) is 0 Å². The standard InChI is InChI=1S/C14H17F3N4/c1-9(19-10(2)13-20-18-8-21(13)3)11-4-6-12(7-5-11)14(15,16)17/h4-10,19H,1-3H3. The summed E-state index contributed by atoms with van der Waals surface area (Å²) in [5, 5.41) is 11.1. The summed E-state index contributed by atoms with van der Waals surface area (Å²) < 4.78 is 39.4. The van der Waals surface area contributed by atoms with Gasteiger partial charge in [0.2, 0.25) is 0 Å². The highest BCUT2D eigenvalue weighted by molar-refractivity contribution is 5.26. The van der Waals surface area contributed by atoms with Crippen LogP contribution < -0.4 is 5.32 Å². The molecule has 0 aliphatic heterocycles. The lowest BCUT2D eigenvalue weighted by atomic mass is 10.0. The monoisotopic (exact) mass is 298 g/mol. The molecule has 1 aromatic heterocycles. The molecule has 2 aromatic rings. The van der Waals surface area contributed by atoms with Crippen molar-refractivity contribution in [2.24, 2.45) is 7.05 Å². The number of aryl methyl sites for hydroxylation is 1. The molecule has 2 rings (SSSR count). The average molecular weight is 298 g/mol. The van der Waals surface area contributed by atoms with Crippen LogP contribution in [0, 0.1) is 0 Å². The van der Waals surface area contributed by atoms with E-state index in [1.807, 2.05) is 20.9 Å². The molecule has 1 aromatic carbocycles. The smallest absolute Gasteiger partial charge is 0.319 e. The molecule has 0 spiro atoms. The molecule has 2 unspecified atom stereocenters. The molecular weight excluding hydrogens is 281 g/mol. The summed E-state index contributed by atoms with van der Waals surface area (Å²) in [5.74, 6) is 0.772. The molecule has 4 nitrogen and oxygen atoms in total. The fraction of sp³-hybridized carbons (Fsp3) is 0.429. The first-order chi connectivity index (χ1) is 9.79. The summed E-state index contributed by atoms with van der Waals surface area (Å²) in [6, 6.07) is 5.02. The van der Waals surface area contributed by atoms with Crippen LogP contribution in [-0.2, 0) is 13.2 Å². The summed E-state index contributed by atoms with van der Waals surface area (Å²) in [5.41, 5.74) is 0.150. The van der Waals surface area contributed by atoms with E-state index in [-0.39, 0.29) is 12.1 Å². The molecule has 0 bridgehead atoms. The minimum Gasteiger partial charge on any atom is -0.319 e. The van der Waals surface area contributed by atoms with Crippen LogP contribution in [-0.4, -0.2) is 14.8 Å². The van der Waals surface area contributed by atoms with E-state index >= 15 is 0 Å². The van der Waals surface area contributed by atoms with E-state index in [0.717, 1.165) is 23.5 Å². The summed E-state index contributed by atoms with van der Waals surface area (Å²) in [6.07, 6.45) is -2.70. The fourth-order valence-corrected chi connectivity index (χ4v) is 2.19. The molecule has 21 heavy (non-hydrogen) atoms. The molecule has 0 saturated heterocycles. The summed E-state index contributed by atoms with van der Waals surface area (Å²) in [6.45, 7) is 3.83. The topological polar surface area (TPSA) is 42.7 Å². The zero-order chi connectivity index (χ0) is 15.6. The third-order valence-corrected chi connectivity index (χ3v) is 3.37. The van der Waals surface area contributed by atoms with Gasteiger partial charge in [0.25, 0.3) is 0 Å². The molecule has 0 aliphatic carbocycles. The quantitative estimate of drug-likeness (QED) is 0.942. The zero-order valence-corrected chi connectivity index (χ0v) is 12.0. The minimum absolute atomic E-state index is 0.0604. The summed E-state index contributed by atoms with van der Waals surface area (Å²) in [4.78, 5) is 0. The molecule has 7 heteroatoms. The van der Waals surface area contributed by atoms with Crippen LogP contribution >= 0.6 is 0 Å². The van der Waals surface area contributed by atoms with Gasteiger partial charge in [0.15, 0.2) is 0 Å². The van der Waals surface area contributed by atoms with Crippen molar-refractivity contribution in [3.8, 4) is 0 Å². The lowest BCUT2D eigenvalue weighted by Gasteiger charge is -2.20. The highest BCUT2D eigenvalue weighted by Gasteiger charge is 2.30. The number of rotatable bonds is 4. The van der Waals surface area contributed by atoms with Crippen molar-refractivity contribution >= 4 is 0 Å². The minimum atomic E-state index is -4.30. The van der Waals surface area contributed by atoms with Crippen LogP contribution in [0.15, 0.2) is 30.6 Å². The van der Waals surface area contributed by atoms with Gasteiger partial charge in [0.1, 0.15) is 12.2 Å². The van der Waals surface area contributed by atoms with Gasteiger partial charge >= 0.3 is 6.18 Å². The number of hydrogen-bond acceptors (Lipinski definition) is 3. The SMILES string of the molecule is CC(NC(C)c1nncn1C)c1ccc(C(F)(F)F)cc1. The van der Waals surface area contributed by atoms with Crippen molar-refractivity contribution in [3.05, 3.63) is 47.5 Å². The molecule has 0 fully saturated rings. The van der Waals surface area contributed by atoms with E-state index in [4.69, 9.17) is 0 Å². The van der Waals surface area contributed by atoms with Gasteiger partial charge in [0, 0.05) is 13.1 Å². The predicted octanol–water partition coefficient (Wildman–Crippen LogP) is 3.25. The van der Waals surface area contributed by atoms with Gasteiger partial charge in [-0.3, -0.25) is 0 Å². The second-order valence-corrected chi connectivity index (χ2v) is 5.03. The third-order valence-electron chi connectivity index (χ3n) is 3.37. The average Bonchev–Trinajstić information content (AvgIpc) is 2.84. The maximum atomic E-state index is 12.5. The Bertz CT molecular complexity index is 589. The molecule has 0 aliphatic rings. The van der Waals surface area contributed by atoms with Gasteiger partial charge in [0.05, 0.1) is 11.6 Å². The van der Waals surface area contributed by atoms with Crippen molar-refractivity contribution < 1.29 is 13.2 Å². The Morgan fingerprint density at radius 1 is 1.10 bits per heavy atom. The maximum Gasteiger partial charge on any atom is 0.416 e. The van der Waals surface area contributed by atoms with Gasteiger partial charge in [-0.25, -0.2) is 0 Å². The van der Waals surface area contributed by atoms with Gasteiger partial charge in [-0.2, -0.15) is 13.2 Å². The maximum absolute atomic E-state index is 12.5. The first-order valence-electron chi connectivity index (χ1n) is 6.56. The molecular formula is C14H17F3N4. The van der Waals surface area contributed by atoms with E-state index in [9.17, 15) is 13.2 Å². The van der Waals surface area contributed by atoms with Gasteiger partial charge < -0.3 is 9.88 Å². The van der Waals surface area contributed by atoms with E-state index in [1.54, 1.807) is 10.9 Å². The third kappa shape index (κ3) is 3.60. The summed E-state index contributed by atoms with van der Waals surface area (Å²) in [7, 11) is 1.84. The van der Waals surface area contributed by atoms with Crippen molar-refractivity contribution in [2.45, 2.75) is 32.1 Å². The number of nitrogens with one attached hydrogen (secondary N) is 1. The van der Waals surface area contributed by atoms with E-state index in [1.165, 1.54) is 12.1 Å². The largest absolute Gasteiger partial charge is 0.416 e. The number of benzene rings is 1. The van der Waals surface area contributed by atoms with Crippen molar-refractivity contribution in [2.75, 3.05) is 0 Å². The fourth-order valence-electron chi connectivity index (χ4n) is 2.19. The molecule has 2 atom stereocenters. The van der Waals surface area contributed by atoms with E-state index in [0.29, 0.717) is 0 Å². The lowest BCUT2D eigenvalue weighted by molar-refractivity contribution is -0.137.